The van der Waals surface area contributed by atoms with Crippen molar-refractivity contribution in [2.24, 2.45) is 0 Å². The zero-order valence-electron chi connectivity index (χ0n) is 17.4. The first-order valence-corrected chi connectivity index (χ1v) is 11.9. The third-order valence-corrected chi connectivity index (χ3v) is 5.50. The van der Waals surface area contributed by atoms with Crippen molar-refractivity contribution in [2.45, 2.75) is 13.0 Å². The summed E-state index contributed by atoms with van der Waals surface area (Å²) >= 11 is 6.11. The fourth-order valence-corrected chi connectivity index (χ4v) is 3.88. The van der Waals surface area contributed by atoms with Crippen LogP contribution in [0, 0.1) is 0 Å². The Labute approximate surface area is 191 Å². The van der Waals surface area contributed by atoms with Gasteiger partial charge in [0.1, 0.15) is 0 Å². The number of hydrogen-bond donors (Lipinski definition) is 3. The van der Waals surface area contributed by atoms with E-state index in [1.165, 1.54) is 18.2 Å². The van der Waals surface area contributed by atoms with Gasteiger partial charge in [0.05, 0.1) is 34.3 Å². The quantitative estimate of drug-likeness (QED) is 0.473. The molecule has 0 heterocycles. The van der Waals surface area contributed by atoms with Crippen LogP contribution in [0.1, 0.15) is 39.2 Å². The Kier molecular flexibility index (Phi) is 7.17. The van der Waals surface area contributed by atoms with Crippen LogP contribution in [0.2, 0.25) is 5.02 Å². The number of amides is 2. The molecule has 0 unspecified atom stereocenters. The summed E-state index contributed by atoms with van der Waals surface area (Å²) in [5, 5.41) is 5.72. The number of sulfonamides is 1. The number of hydrogen-bond acceptors (Lipinski definition) is 4. The van der Waals surface area contributed by atoms with Crippen LogP contribution in [0.25, 0.3) is 0 Å². The highest BCUT2D eigenvalue weighted by Gasteiger charge is 2.17. The van der Waals surface area contributed by atoms with Crippen molar-refractivity contribution in [1.82, 2.24) is 5.32 Å². The molecule has 0 aliphatic heterocycles. The van der Waals surface area contributed by atoms with Gasteiger partial charge in [-0.05, 0) is 42.8 Å². The van der Waals surface area contributed by atoms with Crippen molar-refractivity contribution in [3.63, 3.8) is 0 Å². The summed E-state index contributed by atoms with van der Waals surface area (Å²) < 4.78 is 25.1. The number of para-hydroxylation sites is 1. The van der Waals surface area contributed by atoms with Gasteiger partial charge < -0.3 is 10.6 Å². The molecule has 2 amide bonds. The molecule has 0 bridgehead atoms. The highest BCUT2D eigenvalue weighted by molar-refractivity contribution is 7.92. The molecule has 1 atom stereocenters. The van der Waals surface area contributed by atoms with E-state index in [2.05, 4.69) is 15.4 Å². The molecule has 0 saturated carbocycles. The smallest absolute Gasteiger partial charge is 0.255 e. The van der Waals surface area contributed by atoms with Crippen molar-refractivity contribution >= 4 is 44.8 Å². The highest BCUT2D eigenvalue weighted by atomic mass is 35.5. The molecule has 7 nitrogen and oxygen atoms in total. The molecule has 0 fully saturated rings. The lowest BCUT2D eigenvalue weighted by atomic mass is 10.1. The van der Waals surface area contributed by atoms with Gasteiger partial charge in [-0.15, -0.1) is 0 Å². The van der Waals surface area contributed by atoms with Crippen LogP contribution in [0.5, 0.6) is 0 Å². The minimum absolute atomic E-state index is 0.0748. The number of carbonyl (C=O) groups is 2. The topological polar surface area (TPSA) is 104 Å². The number of carbonyl (C=O) groups excluding carboxylic acids is 2. The molecule has 0 spiro atoms. The molecule has 0 radical (unpaired) electrons. The Balaban J connectivity index is 1.76. The number of benzene rings is 3. The Morgan fingerprint density at radius 3 is 2.19 bits per heavy atom. The van der Waals surface area contributed by atoms with E-state index in [9.17, 15) is 18.0 Å². The molecular weight excluding hydrogens is 450 g/mol. The summed E-state index contributed by atoms with van der Waals surface area (Å²) in [7, 11) is -3.51. The number of rotatable bonds is 7. The van der Waals surface area contributed by atoms with Gasteiger partial charge in [-0.25, -0.2) is 8.42 Å². The van der Waals surface area contributed by atoms with E-state index < -0.39 is 15.9 Å². The summed E-state index contributed by atoms with van der Waals surface area (Å²) in [5.74, 6) is -0.822. The van der Waals surface area contributed by atoms with E-state index in [4.69, 9.17) is 11.6 Å². The van der Waals surface area contributed by atoms with E-state index in [-0.39, 0.29) is 28.2 Å². The molecule has 9 heteroatoms. The van der Waals surface area contributed by atoms with E-state index in [0.29, 0.717) is 11.3 Å². The second-order valence-corrected chi connectivity index (χ2v) is 9.33. The van der Waals surface area contributed by atoms with Crippen LogP contribution in [-0.2, 0) is 10.0 Å². The van der Waals surface area contributed by atoms with Crippen LogP contribution in [-0.4, -0.2) is 26.5 Å². The lowest BCUT2D eigenvalue weighted by Crippen LogP contribution is -2.28. The van der Waals surface area contributed by atoms with Gasteiger partial charge in [-0.1, -0.05) is 54.1 Å². The van der Waals surface area contributed by atoms with E-state index >= 15 is 0 Å². The average molecular weight is 472 g/mol. The fraction of sp³-hybridized carbons (Fsp3) is 0.130. The molecule has 166 valence electrons. The van der Waals surface area contributed by atoms with E-state index in [1.54, 1.807) is 24.3 Å². The van der Waals surface area contributed by atoms with Crippen molar-refractivity contribution in [3.05, 3.63) is 94.5 Å². The normalized spacial score (nSPS) is 12.0. The SMILES string of the molecule is C[C@@H](NC(=O)c1ccccc1NC(=O)c1ccc(NS(C)(=O)=O)c(Cl)c1)c1ccccc1. The van der Waals surface area contributed by atoms with Gasteiger partial charge >= 0.3 is 0 Å². The molecule has 32 heavy (non-hydrogen) atoms. The number of nitrogens with one attached hydrogen (secondary N) is 3. The predicted molar refractivity (Wildman–Crippen MR) is 127 cm³/mol. The van der Waals surface area contributed by atoms with Gasteiger partial charge in [0.15, 0.2) is 0 Å². The molecule has 0 aromatic heterocycles. The van der Waals surface area contributed by atoms with Gasteiger partial charge in [-0.2, -0.15) is 0 Å². The first-order chi connectivity index (χ1) is 15.1. The fourth-order valence-electron chi connectivity index (χ4n) is 3.02. The lowest BCUT2D eigenvalue weighted by molar-refractivity contribution is 0.0940. The van der Waals surface area contributed by atoms with E-state index in [0.717, 1.165) is 11.8 Å². The second kappa shape index (κ2) is 9.84. The Bertz CT molecular complexity index is 1250. The summed E-state index contributed by atoms with van der Waals surface area (Å²) in [5.41, 5.74) is 1.98. The molecule has 3 aromatic rings. The molecular formula is C23H22ClN3O4S. The second-order valence-electron chi connectivity index (χ2n) is 7.17. The minimum Gasteiger partial charge on any atom is -0.345 e. The standard InChI is InChI=1S/C23H22ClN3O4S/c1-15(16-8-4-3-5-9-16)25-23(29)18-10-6-7-11-20(18)26-22(28)17-12-13-21(19(24)14-17)27-32(2,30)31/h3-15,27H,1-2H3,(H,25,29)(H,26,28)/t15-/m1/s1. The van der Waals surface area contributed by atoms with Gasteiger partial charge in [0, 0.05) is 5.56 Å². The summed E-state index contributed by atoms with van der Waals surface area (Å²) in [6.45, 7) is 1.88. The first-order valence-electron chi connectivity index (χ1n) is 9.67. The minimum atomic E-state index is -3.51. The maximum Gasteiger partial charge on any atom is 0.255 e. The Hall–Kier alpha value is -3.36. The predicted octanol–water partition coefficient (Wildman–Crippen LogP) is 4.45. The van der Waals surface area contributed by atoms with Crippen LogP contribution >= 0.6 is 11.6 Å². The summed E-state index contributed by atoms with van der Waals surface area (Å²) in [4.78, 5) is 25.6. The van der Waals surface area contributed by atoms with Gasteiger partial charge in [0.25, 0.3) is 11.8 Å². The van der Waals surface area contributed by atoms with Gasteiger partial charge in [0.2, 0.25) is 10.0 Å². The van der Waals surface area contributed by atoms with Crippen LogP contribution < -0.4 is 15.4 Å². The number of halogens is 1. The molecule has 0 aliphatic rings. The molecule has 0 aliphatic carbocycles. The van der Waals surface area contributed by atoms with Crippen molar-refractivity contribution in [3.8, 4) is 0 Å². The van der Waals surface area contributed by atoms with Gasteiger partial charge in [-0.3, -0.25) is 14.3 Å². The molecule has 3 rings (SSSR count). The molecule has 3 N–H and O–H groups in total. The zero-order valence-corrected chi connectivity index (χ0v) is 19.0. The Morgan fingerprint density at radius 2 is 1.53 bits per heavy atom. The summed E-state index contributed by atoms with van der Waals surface area (Å²) in [6, 6.07) is 20.2. The lowest BCUT2D eigenvalue weighted by Gasteiger charge is -2.16. The third kappa shape index (κ3) is 6.09. The summed E-state index contributed by atoms with van der Waals surface area (Å²) in [6.07, 6.45) is 1.00. The van der Waals surface area contributed by atoms with Crippen LogP contribution in [0.15, 0.2) is 72.8 Å². The maximum atomic E-state index is 12.9. The Morgan fingerprint density at radius 1 is 0.875 bits per heavy atom. The molecule has 0 saturated heterocycles. The first kappa shape index (κ1) is 23.3. The van der Waals surface area contributed by atoms with Crippen molar-refractivity contribution in [1.29, 1.82) is 0 Å². The van der Waals surface area contributed by atoms with E-state index in [1.807, 2.05) is 37.3 Å². The van der Waals surface area contributed by atoms with Crippen molar-refractivity contribution in [2.75, 3.05) is 16.3 Å². The van der Waals surface area contributed by atoms with Crippen molar-refractivity contribution < 1.29 is 18.0 Å². The maximum absolute atomic E-state index is 12.9. The number of anilines is 2. The third-order valence-electron chi connectivity index (χ3n) is 4.59. The monoisotopic (exact) mass is 471 g/mol. The molecule has 3 aromatic carbocycles. The van der Waals surface area contributed by atoms with Crippen LogP contribution in [0.3, 0.4) is 0 Å². The largest absolute Gasteiger partial charge is 0.345 e. The zero-order chi connectivity index (χ0) is 23.3. The average Bonchev–Trinajstić information content (AvgIpc) is 2.75. The van der Waals surface area contributed by atoms with Crippen LogP contribution in [0.4, 0.5) is 11.4 Å². The highest BCUT2D eigenvalue weighted by Crippen LogP contribution is 2.25.